The Morgan fingerprint density at radius 2 is 2.14 bits per heavy atom. The molecule has 1 fully saturated rings. The van der Waals surface area contributed by atoms with Crippen LogP contribution >= 0.6 is 0 Å². The quantitative estimate of drug-likeness (QED) is 0.641. The summed E-state index contributed by atoms with van der Waals surface area (Å²) >= 11 is 0. The smallest absolute Gasteiger partial charge is 0.226 e. The molecule has 5 heteroatoms. The zero-order valence-electron chi connectivity index (χ0n) is 16.9. The third-order valence-corrected chi connectivity index (χ3v) is 5.73. The van der Waals surface area contributed by atoms with E-state index in [1.807, 2.05) is 18.3 Å². The minimum absolute atomic E-state index is 0.00104. The number of hydrogen-bond acceptors (Lipinski definition) is 3. The third-order valence-electron chi connectivity index (χ3n) is 5.73. The molecule has 1 aliphatic heterocycles. The Morgan fingerprint density at radius 3 is 2.90 bits per heavy atom. The molecule has 1 aliphatic rings. The van der Waals surface area contributed by atoms with E-state index in [1.165, 1.54) is 16.7 Å². The van der Waals surface area contributed by atoms with Crippen molar-refractivity contribution < 1.29 is 9.53 Å². The number of nitrogens with one attached hydrogen (secondary N) is 2. The average Bonchev–Trinajstić information content (AvgIpc) is 3.40. The lowest BCUT2D eigenvalue weighted by atomic mass is 9.85. The van der Waals surface area contributed by atoms with E-state index in [0.717, 1.165) is 36.4 Å². The molecule has 2 unspecified atom stereocenters. The summed E-state index contributed by atoms with van der Waals surface area (Å²) in [5.41, 5.74) is 6.70. The summed E-state index contributed by atoms with van der Waals surface area (Å²) in [6.45, 7) is 5.04. The molecular weight excluding hydrogens is 362 g/mol. The first-order chi connectivity index (χ1) is 14.1. The molecule has 2 aromatic carbocycles. The number of nitrogens with zero attached hydrogens (tertiary/aromatic N) is 1. The molecule has 29 heavy (non-hydrogen) atoms. The van der Waals surface area contributed by atoms with Gasteiger partial charge >= 0.3 is 0 Å². The Balaban J connectivity index is 1.62. The van der Waals surface area contributed by atoms with E-state index in [2.05, 4.69) is 59.5 Å². The van der Waals surface area contributed by atoms with Gasteiger partial charge in [0.2, 0.25) is 5.91 Å². The van der Waals surface area contributed by atoms with Gasteiger partial charge in [-0.3, -0.25) is 4.79 Å². The van der Waals surface area contributed by atoms with Crippen molar-refractivity contribution in [3.8, 4) is 0 Å². The summed E-state index contributed by atoms with van der Waals surface area (Å²) in [6.07, 6.45) is 6.03. The lowest BCUT2D eigenvalue weighted by Crippen LogP contribution is -2.19. The predicted molar refractivity (Wildman–Crippen MR) is 114 cm³/mol. The second-order valence-electron chi connectivity index (χ2n) is 7.74. The van der Waals surface area contributed by atoms with E-state index < -0.39 is 0 Å². The van der Waals surface area contributed by atoms with Crippen LogP contribution in [0.3, 0.4) is 0 Å². The number of carbonyl (C=O) groups excluding carboxylic acids is 1. The number of aromatic nitrogens is 2. The molecule has 1 saturated heterocycles. The molecule has 0 saturated carbocycles. The van der Waals surface area contributed by atoms with Gasteiger partial charge in [0, 0.05) is 24.2 Å². The summed E-state index contributed by atoms with van der Waals surface area (Å²) in [7, 11) is 0. The molecule has 5 nitrogen and oxygen atoms in total. The lowest BCUT2D eigenvalue weighted by Gasteiger charge is -2.21. The van der Waals surface area contributed by atoms with E-state index in [9.17, 15) is 4.79 Å². The van der Waals surface area contributed by atoms with Crippen LogP contribution in [-0.2, 0) is 9.53 Å². The summed E-state index contributed by atoms with van der Waals surface area (Å²) in [6, 6.07) is 14.5. The topological polar surface area (TPSA) is 67.0 Å². The van der Waals surface area contributed by atoms with Crippen LogP contribution in [0.4, 0.5) is 5.69 Å². The van der Waals surface area contributed by atoms with Gasteiger partial charge in [-0.2, -0.15) is 0 Å². The van der Waals surface area contributed by atoms with Crippen molar-refractivity contribution in [2.24, 2.45) is 0 Å². The van der Waals surface area contributed by atoms with Gasteiger partial charge in [-0.25, -0.2) is 4.98 Å². The van der Waals surface area contributed by atoms with Crippen LogP contribution in [0.2, 0.25) is 0 Å². The van der Waals surface area contributed by atoms with Gasteiger partial charge in [0.15, 0.2) is 0 Å². The van der Waals surface area contributed by atoms with E-state index in [-0.39, 0.29) is 17.9 Å². The Kier molecular flexibility index (Phi) is 5.76. The Hall–Kier alpha value is -2.92. The average molecular weight is 389 g/mol. The maximum Gasteiger partial charge on any atom is 0.226 e. The normalized spacial score (nSPS) is 17.2. The van der Waals surface area contributed by atoms with Crippen molar-refractivity contribution >= 4 is 11.6 Å². The Morgan fingerprint density at radius 1 is 1.28 bits per heavy atom. The van der Waals surface area contributed by atoms with Gasteiger partial charge in [-0.1, -0.05) is 30.3 Å². The highest BCUT2D eigenvalue weighted by Crippen LogP contribution is 2.34. The minimum Gasteiger partial charge on any atom is -0.378 e. The zero-order valence-corrected chi connectivity index (χ0v) is 16.9. The number of aromatic amines is 1. The molecule has 3 aromatic rings. The number of amides is 1. The van der Waals surface area contributed by atoms with Gasteiger partial charge in [-0.15, -0.1) is 0 Å². The van der Waals surface area contributed by atoms with Crippen LogP contribution in [0.1, 0.15) is 53.1 Å². The van der Waals surface area contributed by atoms with Gasteiger partial charge in [0.05, 0.1) is 24.8 Å². The molecule has 4 rings (SSSR count). The molecule has 2 N–H and O–H groups in total. The molecule has 150 valence electrons. The minimum atomic E-state index is -0.00104. The number of imidazole rings is 1. The number of benzene rings is 2. The number of anilines is 1. The van der Waals surface area contributed by atoms with Crippen LogP contribution in [0.15, 0.2) is 55.0 Å². The number of H-pyrrole nitrogens is 1. The van der Waals surface area contributed by atoms with Gasteiger partial charge < -0.3 is 15.0 Å². The highest BCUT2D eigenvalue weighted by Gasteiger charge is 2.22. The fourth-order valence-corrected chi connectivity index (χ4v) is 4.06. The molecule has 1 amide bonds. The van der Waals surface area contributed by atoms with Crippen LogP contribution in [0, 0.1) is 13.8 Å². The molecule has 0 aliphatic carbocycles. The Bertz CT molecular complexity index is 976. The largest absolute Gasteiger partial charge is 0.378 e. The highest BCUT2D eigenvalue weighted by atomic mass is 16.5. The first-order valence-corrected chi connectivity index (χ1v) is 10.2. The summed E-state index contributed by atoms with van der Waals surface area (Å²) < 4.78 is 5.58. The first kappa shape index (κ1) is 19.4. The fraction of sp³-hybridized carbons (Fsp3) is 0.333. The van der Waals surface area contributed by atoms with E-state index >= 15 is 0 Å². The van der Waals surface area contributed by atoms with Crippen molar-refractivity contribution in [3.63, 3.8) is 0 Å². The van der Waals surface area contributed by atoms with Crippen molar-refractivity contribution in [2.75, 3.05) is 11.9 Å². The van der Waals surface area contributed by atoms with Crippen molar-refractivity contribution in [3.05, 3.63) is 82.9 Å². The maximum absolute atomic E-state index is 12.4. The van der Waals surface area contributed by atoms with E-state index in [4.69, 9.17) is 4.74 Å². The number of hydrogen-bond donors (Lipinski definition) is 2. The SMILES string of the molecule is Cc1cccc(C(c2cccc(NC(=O)CC3CCCO3)c2)c2cnc[nH]2)c1C. The maximum atomic E-state index is 12.4. The second kappa shape index (κ2) is 8.62. The number of carbonyl (C=O) groups is 1. The van der Waals surface area contributed by atoms with Gasteiger partial charge in [-0.05, 0) is 61.1 Å². The number of aryl methyl sites for hydroxylation is 1. The Labute approximate surface area is 171 Å². The van der Waals surface area contributed by atoms with Gasteiger partial charge in [0.25, 0.3) is 0 Å². The molecular formula is C24H27N3O2. The summed E-state index contributed by atoms with van der Waals surface area (Å²) in [5, 5.41) is 3.04. The second-order valence-corrected chi connectivity index (χ2v) is 7.74. The van der Waals surface area contributed by atoms with Crippen LogP contribution in [-0.4, -0.2) is 28.6 Å². The molecule has 2 atom stereocenters. The molecule has 0 radical (unpaired) electrons. The standard InChI is InChI=1S/C24H27N3O2/c1-16-6-3-10-21(17(16)2)24(22-14-25-15-26-22)18-7-4-8-19(12-18)27-23(28)13-20-9-5-11-29-20/h3-4,6-8,10,12,14-15,20,24H,5,9,11,13H2,1-2H3,(H,25,26)(H,27,28). The monoisotopic (exact) mass is 389 g/mol. The van der Waals surface area contributed by atoms with Crippen LogP contribution in [0.25, 0.3) is 0 Å². The molecule has 1 aromatic heterocycles. The number of rotatable bonds is 6. The fourth-order valence-electron chi connectivity index (χ4n) is 4.06. The van der Waals surface area contributed by atoms with E-state index in [0.29, 0.717) is 6.42 Å². The lowest BCUT2D eigenvalue weighted by molar-refractivity contribution is -0.118. The first-order valence-electron chi connectivity index (χ1n) is 10.2. The van der Waals surface area contributed by atoms with Gasteiger partial charge in [0.1, 0.15) is 0 Å². The van der Waals surface area contributed by atoms with Crippen LogP contribution in [0.5, 0.6) is 0 Å². The highest BCUT2D eigenvalue weighted by molar-refractivity contribution is 5.91. The summed E-state index contributed by atoms with van der Waals surface area (Å²) in [4.78, 5) is 19.9. The van der Waals surface area contributed by atoms with Crippen molar-refractivity contribution in [1.29, 1.82) is 0 Å². The predicted octanol–water partition coefficient (Wildman–Crippen LogP) is 4.71. The van der Waals surface area contributed by atoms with Crippen molar-refractivity contribution in [2.45, 2.75) is 45.1 Å². The molecule has 0 bridgehead atoms. The molecule has 0 spiro atoms. The van der Waals surface area contributed by atoms with E-state index in [1.54, 1.807) is 6.33 Å². The van der Waals surface area contributed by atoms with Crippen molar-refractivity contribution in [1.82, 2.24) is 9.97 Å². The molecule has 2 heterocycles. The summed E-state index contributed by atoms with van der Waals surface area (Å²) in [5.74, 6) is 0.0197. The van der Waals surface area contributed by atoms with Crippen LogP contribution < -0.4 is 5.32 Å². The number of ether oxygens (including phenoxy) is 1. The third kappa shape index (κ3) is 4.40. The zero-order chi connectivity index (χ0) is 20.2.